The monoisotopic (exact) mass is 236 g/mol. The maximum Gasteiger partial charge on any atom is 0.196 e. The smallest absolute Gasteiger partial charge is 0.196 e. The van der Waals surface area contributed by atoms with E-state index in [0.29, 0.717) is 29.6 Å². The zero-order valence-electron chi connectivity index (χ0n) is 9.03. The molecule has 0 unspecified atom stereocenters. The molecular weight excluding hydrogens is 224 g/mol. The summed E-state index contributed by atoms with van der Waals surface area (Å²) in [4.78, 5) is 4.15. The minimum absolute atomic E-state index is 0.529. The summed E-state index contributed by atoms with van der Waals surface area (Å²) in [5.41, 5.74) is 7.33. The number of nitrogens with zero attached hydrogens (tertiary/aromatic N) is 1. The highest BCUT2D eigenvalue weighted by Crippen LogP contribution is 2.30. The third kappa shape index (κ3) is 2.10. The van der Waals surface area contributed by atoms with Gasteiger partial charge in [0.1, 0.15) is 0 Å². The molecule has 0 amide bonds. The van der Waals surface area contributed by atoms with Crippen molar-refractivity contribution in [3.05, 3.63) is 40.9 Å². The van der Waals surface area contributed by atoms with Crippen molar-refractivity contribution in [3.63, 3.8) is 0 Å². The number of benzene rings is 1. The molecule has 0 saturated heterocycles. The maximum absolute atomic E-state index is 6.20. The zero-order chi connectivity index (χ0) is 11.5. The van der Waals surface area contributed by atoms with Gasteiger partial charge in [0.25, 0.3) is 0 Å². The van der Waals surface area contributed by atoms with Gasteiger partial charge in [-0.3, -0.25) is 0 Å². The predicted molar refractivity (Wildman–Crippen MR) is 64.4 cm³/mol. The Labute approximate surface area is 99.2 Å². The van der Waals surface area contributed by atoms with E-state index in [1.165, 1.54) is 0 Å². The average Bonchev–Trinajstić information content (AvgIpc) is 2.71. The molecule has 0 aliphatic carbocycles. The molecule has 0 atom stereocenters. The lowest BCUT2D eigenvalue weighted by Gasteiger charge is -2.02. The largest absolute Gasteiger partial charge is 0.441 e. The molecule has 1 aromatic carbocycles. The minimum atomic E-state index is 0.529. The first kappa shape index (κ1) is 11.2. The number of nitrogens with two attached hydrogens (primary N) is 1. The van der Waals surface area contributed by atoms with E-state index in [4.69, 9.17) is 21.8 Å². The van der Waals surface area contributed by atoms with E-state index in [2.05, 4.69) is 4.98 Å². The van der Waals surface area contributed by atoms with Gasteiger partial charge in [-0.05, 0) is 18.6 Å². The highest BCUT2D eigenvalue weighted by Gasteiger charge is 2.10. The summed E-state index contributed by atoms with van der Waals surface area (Å²) < 4.78 is 5.57. The van der Waals surface area contributed by atoms with E-state index in [1.807, 2.05) is 25.1 Å². The number of aryl methyl sites for hydroxylation is 1. The number of halogens is 1. The first-order valence-electron chi connectivity index (χ1n) is 5.12. The van der Waals surface area contributed by atoms with Crippen LogP contribution in [0.2, 0.25) is 5.02 Å². The Hall–Kier alpha value is -1.32. The second-order valence-corrected chi connectivity index (χ2v) is 3.97. The molecule has 2 rings (SSSR count). The molecule has 1 heterocycles. The molecule has 1 aromatic heterocycles. The lowest BCUT2D eigenvalue weighted by Crippen LogP contribution is -2.02. The van der Waals surface area contributed by atoms with Gasteiger partial charge in [-0.1, -0.05) is 23.7 Å². The van der Waals surface area contributed by atoms with Crippen LogP contribution in [-0.4, -0.2) is 11.5 Å². The lowest BCUT2D eigenvalue weighted by molar-refractivity contribution is 0.508. The van der Waals surface area contributed by atoms with E-state index in [0.717, 1.165) is 11.1 Å². The van der Waals surface area contributed by atoms with E-state index < -0.39 is 0 Å². The highest BCUT2D eigenvalue weighted by molar-refractivity contribution is 6.33. The topological polar surface area (TPSA) is 52.0 Å². The Balaban J connectivity index is 2.39. The molecule has 2 N–H and O–H groups in total. The molecule has 0 saturated carbocycles. The summed E-state index contributed by atoms with van der Waals surface area (Å²) in [6, 6.07) is 5.83. The van der Waals surface area contributed by atoms with Gasteiger partial charge < -0.3 is 10.2 Å². The Bertz CT molecular complexity index is 494. The number of aromatic nitrogens is 1. The van der Waals surface area contributed by atoms with Crippen LogP contribution in [0.3, 0.4) is 0 Å². The van der Waals surface area contributed by atoms with Crippen molar-refractivity contribution in [1.29, 1.82) is 0 Å². The zero-order valence-corrected chi connectivity index (χ0v) is 9.79. The standard InChI is InChI=1S/C12H13ClN2O/c1-8-3-2-4-9(12(8)13)10-7-15-11(16-10)5-6-14/h2-4,7H,5-6,14H2,1H3. The van der Waals surface area contributed by atoms with Crippen LogP contribution < -0.4 is 5.73 Å². The summed E-state index contributed by atoms with van der Waals surface area (Å²) >= 11 is 6.20. The molecule has 0 aliphatic heterocycles. The minimum Gasteiger partial charge on any atom is -0.441 e. The summed E-state index contributed by atoms with van der Waals surface area (Å²) in [7, 11) is 0. The third-order valence-corrected chi connectivity index (χ3v) is 2.87. The number of hydrogen-bond donors (Lipinski definition) is 1. The van der Waals surface area contributed by atoms with Crippen LogP contribution in [0.15, 0.2) is 28.8 Å². The van der Waals surface area contributed by atoms with Crippen LogP contribution in [0, 0.1) is 6.92 Å². The first-order chi connectivity index (χ1) is 7.72. The van der Waals surface area contributed by atoms with Gasteiger partial charge in [0, 0.05) is 18.5 Å². The SMILES string of the molecule is Cc1cccc(-c2cnc(CCN)o2)c1Cl. The van der Waals surface area contributed by atoms with Crippen LogP contribution in [-0.2, 0) is 6.42 Å². The van der Waals surface area contributed by atoms with Gasteiger partial charge in [-0.2, -0.15) is 0 Å². The van der Waals surface area contributed by atoms with Crippen LogP contribution in [0.25, 0.3) is 11.3 Å². The lowest BCUT2D eigenvalue weighted by atomic mass is 10.1. The Morgan fingerprint density at radius 3 is 3.00 bits per heavy atom. The van der Waals surface area contributed by atoms with Crippen LogP contribution >= 0.6 is 11.6 Å². The highest BCUT2D eigenvalue weighted by atomic mass is 35.5. The van der Waals surface area contributed by atoms with Crippen LogP contribution in [0.1, 0.15) is 11.5 Å². The normalized spacial score (nSPS) is 10.7. The second-order valence-electron chi connectivity index (χ2n) is 3.59. The van der Waals surface area contributed by atoms with Crippen LogP contribution in [0.5, 0.6) is 0 Å². The second kappa shape index (κ2) is 4.68. The average molecular weight is 237 g/mol. The Morgan fingerprint density at radius 1 is 1.44 bits per heavy atom. The van der Waals surface area contributed by atoms with Crippen molar-refractivity contribution in [3.8, 4) is 11.3 Å². The quantitative estimate of drug-likeness (QED) is 0.892. The van der Waals surface area contributed by atoms with Crippen molar-refractivity contribution < 1.29 is 4.42 Å². The van der Waals surface area contributed by atoms with E-state index >= 15 is 0 Å². The maximum atomic E-state index is 6.20. The first-order valence-corrected chi connectivity index (χ1v) is 5.50. The van der Waals surface area contributed by atoms with Gasteiger partial charge in [0.15, 0.2) is 11.7 Å². The molecule has 4 heteroatoms. The van der Waals surface area contributed by atoms with E-state index in [-0.39, 0.29) is 0 Å². The summed E-state index contributed by atoms with van der Waals surface area (Å²) in [5, 5.41) is 0.706. The molecule has 0 aliphatic rings. The van der Waals surface area contributed by atoms with Crippen molar-refractivity contribution in [2.75, 3.05) is 6.54 Å². The van der Waals surface area contributed by atoms with Crippen molar-refractivity contribution in [2.24, 2.45) is 5.73 Å². The molecule has 0 spiro atoms. The summed E-state index contributed by atoms with van der Waals surface area (Å²) in [6.07, 6.45) is 2.33. The summed E-state index contributed by atoms with van der Waals surface area (Å²) in [6.45, 7) is 2.49. The van der Waals surface area contributed by atoms with Gasteiger partial charge in [0.2, 0.25) is 0 Å². The Kier molecular flexibility index (Phi) is 3.27. The summed E-state index contributed by atoms with van der Waals surface area (Å²) in [5.74, 6) is 1.34. The predicted octanol–water partition coefficient (Wildman–Crippen LogP) is 2.80. The molecule has 0 radical (unpaired) electrons. The molecule has 3 nitrogen and oxygen atoms in total. The number of hydrogen-bond acceptors (Lipinski definition) is 3. The van der Waals surface area contributed by atoms with Crippen LogP contribution in [0.4, 0.5) is 0 Å². The fourth-order valence-corrected chi connectivity index (χ4v) is 1.73. The fourth-order valence-electron chi connectivity index (χ4n) is 1.51. The van der Waals surface area contributed by atoms with Crippen molar-refractivity contribution in [1.82, 2.24) is 4.98 Å². The van der Waals surface area contributed by atoms with Gasteiger partial charge in [0.05, 0.1) is 11.2 Å². The van der Waals surface area contributed by atoms with E-state index in [9.17, 15) is 0 Å². The molecule has 0 fully saturated rings. The molecule has 2 aromatic rings. The third-order valence-electron chi connectivity index (χ3n) is 2.37. The molecule has 16 heavy (non-hydrogen) atoms. The van der Waals surface area contributed by atoms with Crippen molar-refractivity contribution in [2.45, 2.75) is 13.3 Å². The molecular formula is C12H13ClN2O. The van der Waals surface area contributed by atoms with E-state index in [1.54, 1.807) is 6.20 Å². The van der Waals surface area contributed by atoms with Crippen molar-refractivity contribution >= 4 is 11.6 Å². The van der Waals surface area contributed by atoms with Gasteiger partial charge in [-0.15, -0.1) is 0 Å². The Morgan fingerprint density at radius 2 is 2.25 bits per heavy atom. The molecule has 0 bridgehead atoms. The number of oxazole rings is 1. The molecule has 84 valence electrons. The van der Waals surface area contributed by atoms with Gasteiger partial charge in [-0.25, -0.2) is 4.98 Å². The fraction of sp³-hybridized carbons (Fsp3) is 0.250. The number of rotatable bonds is 3. The van der Waals surface area contributed by atoms with Gasteiger partial charge >= 0.3 is 0 Å².